The number of halogens is 2. The fourth-order valence-electron chi connectivity index (χ4n) is 7.30. The Morgan fingerprint density at radius 2 is 1.63 bits per heavy atom. The molecule has 3 aromatic carbocycles. The Morgan fingerprint density at radius 1 is 0.895 bits per heavy atom. The van der Waals surface area contributed by atoms with Gasteiger partial charge in [0.25, 0.3) is 0 Å². The predicted molar refractivity (Wildman–Crippen MR) is 213 cm³/mol. The average molecular weight is 814 g/mol. The molecule has 0 aliphatic carbocycles. The molecule has 3 fully saturated rings. The van der Waals surface area contributed by atoms with Gasteiger partial charge in [-0.15, -0.1) is 0 Å². The van der Waals surface area contributed by atoms with E-state index in [1.807, 2.05) is 54.6 Å². The monoisotopic (exact) mass is 812 g/mol. The van der Waals surface area contributed by atoms with Crippen LogP contribution in [0.3, 0.4) is 0 Å². The number of hydrogen-bond donors (Lipinski definition) is 1. The van der Waals surface area contributed by atoms with Crippen molar-refractivity contribution < 1.29 is 38.0 Å². The molecule has 1 amide bonds. The van der Waals surface area contributed by atoms with Crippen LogP contribution in [0.4, 0.5) is 4.79 Å². The molecule has 2 aromatic heterocycles. The SMILES string of the molecule is COc1ccc([C@H](Cc2c(Cl)c[n+]([O-])cc2Cl)OC(=O)c2ccc(COc3cccc([C@@H](NC(=O)O[C@H]4CN5CCC4CC5)c4ccccc4)c3)nc2)cc1OC. The Balaban J connectivity index is 1.02. The minimum Gasteiger partial charge on any atom is -0.619 e. The van der Waals surface area contributed by atoms with Crippen molar-refractivity contribution in [2.45, 2.75) is 44.1 Å². The number of nitrogens with zero attached hydrogens (tertiary/aromatic N) is 3. The maximum Gasteiger partial charge on any atom is 0.408 e. The number of ether oxygens (including phenoxy) is 5. The van der Waals surface area contributed by atoms with Crippen LogP contribution in [0.2, 0.25) is 10.0 Å². The van der Waals surface area contributed by atoms with E-state index in [2.05, 4.69) is 15.2 Å². The van der Waals surface area contributed by atoms with Gasteiger partial charge in [-0.1, -0.05) is 71.7 Å². The van der Waals surface area contributed by atoms with E-state index in [4.69, 9.17) is 46.9 Å². The maximum atomic E-state index is 13.5. The van der Waals surface area contributed by atoms with Gasteiger partial charge >= 0.3 is 12.1 Å². The molecule has 8 rings (SSSR count). The van der Waals surface area contributed by atoms with Gasteiger partial charge in [0.2, 0.25) is 0 Å². The Hall–Kier alpha value is -5.56. The van der Waals surface area contributed by atoms with Crippen LogP contribution in [0.25, 0.3) is 0 Å². The van der Waals surface area contributed by atoms with Crippen molar-refractivity contribution in [3.63, 3.8) is 0 Å². The van der Waals surface area contributed by atoms with E-state index in [1.54, 1.807) is 30.3 Å². The summed E-state index contributed by atoms with van der Waals surface area (Å²) < 4.78 is 29.5. The number of aromatic nitrogens is 2. The van der Waals surface area contributed by atoms with Gasteiger partial charge in [-0.2, -0.15) is 4.73 Å². The molecule has 2 bridgehead atoms. The number of carbonyl (C=O) groups excluding carboxylic acids is 2. The number of carbonyl (C=O) groups is 2. The quantitative estimate of drug-likeness (QED) is 0.0676. The molecule has 57 heavy (non-hydrogen) atoms. The molecule has 1 N–H and O–H groups in total. The molecule has 3 aliphatic heterocycles. The second-order valence-electron chi connectivity index (χ2n) is 14.0. The zero-order valence-electron chi connectivity index (χ0n) is 31.4. The van der Waals surface area contributed by atoms with E-state index in [-0.39, 0.29) is 34.7 Å². The lowest BCUT2D eigenvalue weighted by Gasteiger charge is -2.43. The maximum absolute atomic E-state index is 13.5. The van der Waals surface area contributed by atoms with E-state index in [9.17, 15) is 14.8 Å². The normalized spacial score (nSPS) is 18.2. The van der Waals surface area contributed by atoms with Crippen molar-refractivity contribution in [3.8, 4) is 17.2 Å². The van der Waals surface area contributed by atoms with Gasteiger partial charge in [-0.3, -0.25) is 9.88 Å². The Bertz CT molecular complexity index is 2160. The van der Waals surface area contributed by atoms with E-state index < -0.39 is 24.2 Å². The van der Waals surface area contributed by atoms with Crippen molar-refractivity contribution in [2.24, 2.45) is 5.92 Å². The topological polar surface area (TPSA) is 135 Å². The number of methoxy groups -OCH3 is 2. The Kier molecular flexibility index (Phi) is 12.6. The summed E-state index contributed by atoms with van der Waals surface area (Å²) in [6.07, 6.45) is 4.53. The van der Waals surface area contributed by atoms with Crippen LogP contribution < -0.4 is 24.3 Å². The van der Waals surface area contributed by atoms with Crippen LogP contribution in [-0.4, -0.2) is 61.9 Å². The summed E-state index contributed by atoms with van der Waals surface area (Å²) >= 11 is 12.8. The third-order valence-electron chi connectivity index (χ3n) is 10.4. The van der Waals surface area contributed by atoms with Crippen molar-refractivity contribution in [1.29, 1.82) is 0 Å². The van der Waals surface area contributed by atoms with E-state index in [0.29, 0.717) is 44.7 Å². The zero-order valence-corrected chi connectivity index (χ0v) is 32.9. The Morgan fingerprint density at radius 3 is 2.30 bits per heavy atom. The third-order valence-corrected chi connectivity index (χ3v) is 11.0. The second-order valence-corrected chi connectivity index (χ2v) is 14.8. The van der Waals surface area contributed by atoms with Crippen molar-refractivity contribution in [3.05, 3.63) is 152 Å². The largest absolute Gasteiger partial charge is 0.619 e. The summed E-state index contributed by atoms with van der Waals surface area (Å²) in [6, 6.07) is 25.2. The van der Waals surface area contributed by atoms with E-state index in [1.165, 1.54) is 32.8 Å². The van der Waals surface area contributed by atoms with E-state index in [0.717, 1.165) is 43.6 Å². The minimum absolute atomic E-state index is 0.0692. The lowest BCUT2D eigenvalue weighted by atomic mass is 9.86. The summed E-state index contributed by atoms with van der Waals surface area (Å²) in [4.78, 5) is 33.6. The summed E-state index contributed by atoms with van der Waals surface area (Å²) in [5.74, 6) is 1.26. The van der Waals surface area contributed by atoms with Crippen molar-refractivity contribution in [2.75, 3.05) is 33.9 Å². The zero-order chi connectivity index (χ0) is 39.9. The highest BCUT2D eigenvalue weighted by molar-refractivity contribution is 6.35. The van der Waals surface area contributed by atoms with Gasteiger partial charge in [0.1, 0.15) is 34.6 Å². The molecule has 0 saturated carbocycles. The highest BCUT2D eigenvalue weighted by atomic mass is 35.5. The second kappa shape index (κ2) is 18.1. The first kappa shape index (κ1) is 39.7. The molecule has 14 heteroatoms. The van der Waals surface area contributed by atoms with Gasteiger partial charge in [0.15, 0.2) is 23.9 Å². The van der Waals surface area contributed by atoms with Gasteiger partial charge in [0, 0.05) is 24.7 Å². The molecule has 3 atom stereocenters. The molecule has 5 aromatic rings. The Labute approximate surface area is 340 Å². The van der Waals surface area contributed by atoms with Crippen molar-refractivity contribution in [1.82, 2.24) is 15.2 Å². The fourth-order valence-corrected chi connectivity index (χ4v) is 7.90. The number of benzene rings is 3. The van der Waals surface area contributed by atoms with Gasteiger partial charge < -0.3 is 34.2 Å². The molecule has 12 nitrogen and oxygen atoms in total. The molecule has 0 unspecified atom stereocenters. The van der Waals surface area contributed by atoms with Gasteiger partial charge in [0.05, 0.1) is 31.5 Å². The smallest absolute Gasteiger partial charge is 0.408 e. The van der Waals surface area contributed by atoms with Crippen LogP contribution in [0.5, 0.6) is 17.2 Å². The summed E-state index contributed by atoms with van der Waals surface area (Å²) in [6.45, 7) is 3.01. The first-order valence-corrected chi connectivity index (χ1v) is 19.3. The summed E-state index contributed by atoms with van der Waals surface area (Å²) in [5.41, 5.74) is 3.52. The summed E-state index contributed by atoms with van der Waals surface area (Å²) in [5, 5.41) is 15.3. The minimum atomic E-state index is -0.874. The number of rotatable bonds is 14. The summed E-state index contributed by atoms with van der Waals surface area (Å²) in [7, 11) is 3.03. The van der Waals surface area contributed by atoms with E-state index >= 15 is 0 Å². The highest BCUT2D eigenvalue weighted by Gasteiger charge is 2.37. The molecule has 0 radical (unpaired) electrons. The van der Waals surface area contributed by atoms with Crippen LogP contribution in [-0.2, 0) is 22.5 Å². The molecular weight excluding hydrogens is 771 g/mol. The number of nitrogens with one attached hydrogen (secondary N) is 1. The first-order valence-electron chi connectivity index (χ1n) is 18.6. The number of alkyl carbamates (subject to hydrolysis) is 1. The molecule has 3 aliphatic rings. The molecule has 3 saturated heterocycles. The van der Waals surface area contributed by atoms with Crippen molar-refractivity contribution >= 4 is 35.3 Å². The third kappa shape index (κ3) is 9.70. The molecule has 0 spiro atoms. The molecule has 296 valence electrons. The number of pyridine rings is 2. The number of amides is 1. The average Bonchev–Trinajstić information content (AvgIpc) is 3.23. The first-order chi connectivity index (χ1) is 27.7. The standard InChI is InChI=1S/C43H42Cl2N4O8/c1-53-37-14-12-29(20-39(37)54-2)38(21-34-35(44)23-49(52)24-36(34)45)56-42(50)31-11-13-32(46-22-31)26-55-33-10-6-9-30(19-33)41(28-7-4-3-5-8-28)47-43(51)57-40-25-48-17-15-27(40)16-18-48/h3-14,19-20,22-24,27,38,40-41H,15-18,21,25-26H2,1-2H3,(H,47,51)/t38-,40-,41-/m0/s1. The van der Waals surface area contributed by atoms with Gasteiger partial charge in [-0.05, 0) is 84.9 Å². The molecular formula is C43H42Cl2N4O8. The van der Waals surface area contributed by atoms with Crippen LogP contribution >= 0.6 is 23.2 Å². The number of hydrogen-bond acceptors (Lipinski definition) is 10. The lowest BCUT2D eigenvalue weighted by molar-refractivity contribution is -0.605. The lowest BCUT2D eigenvalue weighted by Crippen LogP contribution is -2.52. The predicted octanol–water partition coefficient (Wildman–Crippen LogP) is 7.67. The number of piperidine rings is 3. The highest BCUT2D eigenvalue weighted by Crippen LogP contribution is 2.36. The van der Waals surface area contributed by atoms with Crippen LogP contribution in [0.1, 0.15) is 63.3 Å². The number of fused-ring (bicyclic) bond motifs is 3. The van der Waals surface area contributed by atoms with Crippen LogP contribution in [0.15, 0.2) is 104 Å². The number of esters is 1. The fraction of sp³-hybridized carbons (Fsp3) is 0.302. The molecule has 5 heterocycles. The van der Waals surface area contributed by atoms with Crippen LogP contribution in [0, 0.1) is 11.1 Å². The van der Waals surface area contributed by atoms with Gasteiger partial charge in [-0.25, -0.2) is 9.59 Å².